The number of nitrogens with zero attached hydrogens (tertiary/aromatic N) is 2. The third kappa shape index (κ3) is 5.40. The van der Waals surface area contributed by atoms with Crippen molar-refractivity contribution < 1.29 is 9.47 Å². The topological polar surface area (TPSA) is 72.6 Å². The second-order valence-electron chi connectivity index (χ2n) is 6.19. The number of hydrogen-bond donors (Lipinski definition) is 2. The molecule has 0 spiro atoms. The maximum atomic E-state index is 5.90. The molecule has 0 bridgehead atoms. The van der Waals surface area contributed by atoms with Gasteiger partial charge in [-0.3, -0.25) is 4.90 Å². The number of hydrogen-bond acceptors (Lipinski definition) is 6. The van der Waals surface area contributed by atoms with Gasteiger partial charge in [0.1, 0.15) is 11.4 Å². The van der Waals surface area contributed by atoms with Crippen LogP contribution in [0.15, 0.2) is 12.1 Å². The van der Waals surface area contributed by atoms with Crippen molar-refractivity contribution in [1.29, 1.82) is 0 Å². The van der Waals surface area contributed by atoms with Gasteiger partial charge in [-0.25, -0.2) is 0 Å². The van der Waals surface area contributed by atoms with E-state index in [-0.39, 0.29) is 5.60 Å². The van der Waals surface area contributed by atoms with Gasteiger partial charge in [0.15, 0.2) is 0 Å². The zero-order valence-electron chi connectivity index (χ0n) is 13.2. The van der Waals surface area contributed by atoms with Crippen molar-refractivity contribution >= 4 is 11.5 Å². The number of aromatic nitrogens is 1. The summed E-state index contributed by atoms with van der Waals surface area (Å²) in [5.74, 6) is 1.27. The second-order valence-corrected chi connectivity index (χ2v) is 6.19. The largest absolute Gasteiger partial charge is 0.470 e. The molecule has 0 atom stereocenters. The molecule has 1 aliphatic rings. The maximum absolute atomic E-state index is 5.90. The van der Waals surface area contributed by atoms with Crippen molar-refractivity contribution in [3.63, 3.8) is 0 Å². The molecule has 2 heterocycles. The molecule has 1 aliphatic heterocycles. The minimum Gasteiger partial charge on any atom is -0.470 e. The summed E-state index contributed by atoms with van der Waals surface area (Å²) in [4.78, 5) is 6.81. The van der Waals surface area contributed by atoms with Gasteiger partial charge < -0.3 is 20.5 Å². The second kappa shape index (κ2) is 6.95. The molecule has 0 aromatic carbocycles. The number of anilines is 2. The highest BCUT2D eigenvalue weighted by atomic mass is 16.5. The number of rotatable bonds is 5. The highest BCUT2D eigenvalue weighted by molar-refractivity contribution is 5.53. The first-order valence-corrected chi connectivity index (χ1v) is 7.43. The highest BCUT2D eigenvalue weighted by Crippen LogP contribution is 2.24. The number of pyridine rings is 1. The van der Waals surface area contributed by atoms with Crippen molar-refractivity contribution in [2.45, 2.75) is 26.4 Å². The monoisotopic (exact) mass is 294 g/mol. The summed E-state index contributed by atoms with van der Waals surface area (Å²) in [5, 5.41) is 3.32. The van der Waals surface area contributed by atoms with Crippen LogP contribution in [0.2, 0.25) is 0 Å². The summed E-state index contributed by atoms with van der Waals surface area (Å²) >= 11 is 0. The number of nitrogen functional groups attached to an aromatic ring is 1. The van der Waals surface area contributed by atoms with E-state index in [1.165, 1.54) is 0 Å². The van der Waals surface area contributed by atoms with Crippen LogP contribution in [0.3, 0.4) is 0 Å². The zero-order valence-corrected chi connectivity index (χ0v) is 13.2. The van der Waals surface area contributed by atoms with Crippen molar-refractivity contribution in [2.24, 2.45) is 0 Å². The van der Waals surface area contributed by atoms with Gasteiger partial charge in [0, 0.05) is 26.2 Å². The average molecular weight is 294 g/mol. The number of nitrogens with one attached hydrogen (secondary N) is 1. The lowest BCUT2D eigenvalue weighted by molar-refractivity contribution is 0.0398. The lowest BCUT2D eigenvalue weighted by Gasteiger charge is -2.26. The molecule has 118 valence electrons. The van der Waals surface area contributed by atoms with E-state index in [4.69, 9.17) is 15.2 Å². The van der Waals surface area contributed by atoms with Gasteiger partial charge in [0.2, 0.25) is 5.88 Å². The molecule has 2 rings (SSSR count). The SMILES string of the molecule is CC(C)(C)Oc1nc(NCCN2CCOCC2)ccc1N. The third-order valence-corrected chi connectivity index (χ3v) is 3.13. The Bertz CT molecular complexity index is 453. The van der Waals surface area contributed by atoms with Crippen molar-refractivity contribution in [3.05, 3.63) is 12.1 Å². The Morgan fingerprint density at radius 3 is 2.71 bits per heavy atom. The van der Waals surface area contributed by atoms with Gasteiger partial charge in [0.05, 0.1) is 18.9 Å². The molecule has 3 N–H and O–H groups in total. The minimum atomic E-state index is -0.312. The molecular weight excluding hydrogens is 268 g/mol. The third-order valence-electron chi connectivity index (χ3n) is 3.13. The number of nitrogens with two attached hydrogens (primary N) is 1. The summed E-state index contributed by atoms with van der Waals surface area (Å²) in [7, 11) is 0. The van der Waals surface area contributed by atoms with Crippen LogP contribution < -0.4 is 15.8 Å². The van der Waals surface area contributed by atoms with E-state index in [1.54, 1.807) is 0 Å². The first-order chi connectivity index (χ1) is 9.94. The van der Waals surface area contributed by atoms with Gasteiger partial charge in [0.25, 0.3) is 0 Å². The van der Waals surface area contributed by atoms with E-state index in [2.05, 4.69) is 15.2 Å². The molecule has 21 heavy (non-hydrogen) atoms. The summed E-state index contributed by atoms with van der Waals surface area (Å²) in [6.45, 7) is 11.4. The summed E-state index contributed by atoms with van der Waals surface area (Å²) in [6.07, 6.45) is 0. The van der Waals surface area contributed by atoms with Crippen LogP contribution in [0.25, 0.3) is 0 Å². The quantitative estimate of drug-likeness (QED) is 0.859. The maximum Gasteiger partial charge on any atom is 0.239 e. The van der Waals surface area contributed by atoms with Crippen LogP contribution in [-0.4, -0.2) is 54.9 Å². The smallest absolute Gasteiger partial charge is 0.239 e. The van der Waals surface area contributed by atoms with Crippen molar-refractivity contribution in [1.82, 2.24) is 9.88 Å². The Kier molecular flexibility index (Phi) is 5.25. The number of morpholine rings is 1. The Balaban J connectivity index is 1.86. The molecule has 1 aromatic rings. The van der Waals surface area contributed by atoms with E-state index < -0.39 is 0 Å². The lowest BCUT2D eigenvalue weighted by Crippen LogP contribution is -2.39. The molecule has 1 aromatic heterocycles. The van der Waals surface area contributed by atoms with Crippen LogP contribution in [0, 0.1) is 0 Å². The zero-order chi connectivity index (χ0) is 15.3. The van der Waals surface area contributed by atoms with Gasteiger partial charge in [-0.1, -0.05) is 0 Å². The van der Waals surface area contributed by atoms with Crippen LogP contribution in [0.4, 0.5) is 11.5 Å². The molecule has 0 unspecified atom stereocenters. The van der Waals surface area contributed by atoms with Crippen LogP contribution in [-0.2, 0) is 4.74 Å². The summed E-state index contributed by atoms with van der Waals surface area (Å²) in [5.41, 5.74) is 6.15. The fraction of sp³-hybridized carbons (Fsp3) is 0.667. The minimum absolute atomic E-state index is 0.312. The van der Waals surface area contributed by atoms with Crippen LogP contribution >= 0.6 is 0 Å². The van der Waals surface area contributed by atoms with E-state index in [9.17, 15) is 0 Å². The predicted octanol–water partition coefficient (Wildman–Crippen LogP) is 1.59. The number of ether oxygens (including phenoxy) is 2. The molecule has 1 saturated heterocycles. The molecular formula is C15H26N4O2. The van der Waals surface area contributed by atoms with Gasteiger partial charge in [-0.05, 0) is 32.9 Å². The fourth-order valence-electron chi connectivity index (χ4n) is 2.09. The Labute approximate surface area is 126 Å². The molecule has 0 amide bonds. The van der Waals surface area contributed by atoms with Crippen LogP contribution in [0.1, 0.15) is 20.8 Å². The van der Waals surface area contributed by atoms with E-state index >= 15 is 0 Å². The Hall–Kier alpha value is -1.53. The first kappa shape index (κ1) is 15.9. The summed E-state index contributed by atoms with van der Waals surface area (Å²) in [6, 6.07) is 3.70. The van der Waals surface area contributed by atoms with Crippen molar-refractivity contribution in [2.75, 3.05) is 50.4 Å². The van der Waals surface area contributed by atoms with Gasteiger partial charge >= 0.3 is 0 Å². The fourth-order valence-corrected chi connectivity index (χ4v) is 2.09. The van der Waals surface area contributed by atoms with Gasteiger partial charge in [-0.15, -0.1) is 0 Å². The summed E-state index contributed by atoms with van der Waals surface area (Å²) < 4.78 is 11.1. The van der Waals surface area contributed by atoms with E-state index in [1.807, 2.05) is 32.9 Å². The van der Waals surface area contributed by atoms with Crippen LogP contribution in [0.5, 0.6) is 5.88 Å². The predicted molar refractivity (Wildman–Crippen MR) is 84.8 cm³/mol. The van der Waals surface area contributed by atoms with E-state index in [0.717, 1.165) is 45.2 Å². The lowest BCUT2D eigenvalue weighted by atomic mass is 10.2. The molecule has 0 radical (unpaired) electrons. The molecule has 0 aliphatic carbocycles. The Morgan fingerprint density at radius 1 is 1.33 bits per heavy atom. The molecule has 1 fully saturated rings. The molecule has 6 nitrogen and oxygen atoms in total. The average Bonchev–Trinajstić information content (AvgIpc) is 2.42. The molecule has 0 saturated carbocycles. The first-order valence-electron chi connectivity index (χ1n) is 7.43. The normalized spacial score (nSPS) is 16.7. The van der Waals surface area contributed by atoms with E-state index in [0.29, 0.717) is 11.6 Å². The highest BCUT2D eigenvalue weighted by Gasteiger charge is 2.15. The Morgan fingerprint density at radius 2 is 2.05 bits per heavy atom. The van der Waals surface area contributed by atoms with Crippen molar-refractivity contribution in [3.8, 4) is 5.88 Å². The standard InChI is InChI=1S/C15H26N4O2/c1-15(2,3)21-14-12(16)4-5-13(18-14)17-6-7-19-8-10-20-11-9-19/h4-5H,6-11,16H2,1-3H3,(H,17,18). The van der Waals surface area contributed by atoms with Gasteiger partial charge in [-0.2, -0.15) is 4.98 Å². The molecule has 6 heteroatoms.